The van der Waals surface area contributed by atoms with Crippen LogP contribution in [-0.4, -0.2) is 37.1 Å². The van der Waals surface area contributed by atoms with Gasteiger partial charge in [0, 0.05) is 7.05 Å². The number of rotatable bonds is 3. The molecular weight excluding hydrogens is 144 g/mol. The number of carbonyl (C=O) groups excluding carboxylic acids is 2. The van der Waals surface area contributed by atoms with E-state index in [4.69, 9.17) is 0 Å². The molecule has 0 heterocycles. The molecule has 0 bridgehead atoms. The first kappa shape index (κ1) is 10.1. The van der Waals surface area contributed by atoms with Crippen LogP contribution in [0, 0.1) is 0 Å². The molecule has 4 nitrogen and oxygen atoms in total. The second-order valence-corrected chi connectivity index (χ2v) is 2.33. The van der Waals surface area contributed by atoms with Crippen LogP contribution in [0.2, 0.25) is 0 Å². The summed E-state index contributed by atoms with van der Waals surface area (Å²) in [6, 6.07) is -0.245. The van der Waals surface area contributed by atoms with Crippen molar-refractivity contribution in [2.75, 3.05) is 20.1 Å². The zero-order valence-electron chi connectivity index (χ0n) is 7.26. The maximum Gasteiger partial charge on any atom is 0.423 e. The van der Waals surface area contributed by atoms with E-state index in [0.29, 0.717) is 19.5 Å². The Kier molecular flexibility index (Phi) is 3.74. The molecule has 0 spiro atoms. The van der Waals surface area contributed by atoms with Crippen molar-refractivity contribution in [1.29, 1.82) is 0 Å². The smallest absolute Gasteiger partial charge is 0.308 e. The number of nitrogens with zero attached hydrogens (tertiary/aromatic N) is 1. The second-order valence-electron chi connectivity index (χ2n) is 2.33. The highest BCUT2D eigenvalue weighted by Crippen LogP contribution is 2.01. The van der Waals surface area contributed by atoms with Crippen molar-refractivity contribution in [3.05, 3.63) is 0 Å². The highest BCUT2D eigenvalue weighted by molar-refractivity contribution is 5.73. The van der Waals surface area contributed by atoms with Gasteiger partial charge < -0.3 is 5.32 Å². The molecule has 3 amide bonds. The molecule has 0 aromatic carbocycles. The minimum Gasteiger partial charge on any atom is -0.308 e. The van der Waals surface area contributed by atoms with Gasteiger partial charge in [-0.1, -0.05) is 0 Å². The quantitative estimate of drug-likeness (QED) is 0.476. The third-order valence-electron chi connectivity index (χ3n) is 1.95. The summed E-state index contributed by atoms with van der Waals surface area (Å²) in [7, 11) is 1.53. The number of quaternary nitrogens is 1. The number of hydrogen-bond acceptors (Lipinski definition) is 2. The van der Waals surface area contributed by atoms with Crippen molar-refractivity contribution in [3.8, 4) is 0 Å². The minimum absolute atomic E-state index is 0.142. The first-order valence-corrected chi connectivity index (χ1v) is 3.72. The Bertz CT molecular complexity index is 153. The van der Waals surface area contributed by atoms with Crippen LogP contribution in [0.5, 0.6) is 0 Å². The van der Waals surface area contributed by atoms with Crippen LogP contribution in [0.3, 0.4) is 0 Å². The van der Waals surface area contributed by atoms with Crippen LogP contribution in [-0.2, 0) is 4.79 Å². The predicted octanol–water partition coefficient (Wildman–Crippen LogP) is 0.339. The summed E-state index contributed by atoms with van der Waals surface area (Å²) >= 11 is 0. The largest absolute Gasteiger partial charge is 0.423 e. The Morgan fingerprint density at radius 2 is 1.91 bits per heavy atom. The molecule has 0 aliphatic rings. The van der Waals surface area contributed by atoms with Gasteiger partial charge >= 0.3 is 12.4 Å². The van der Waals surface area contributed by atoms with Crippen molar-refractivity contribution in [2.45, 2.75) is 13.8 Å². The Balaban J connectivity index is 4.53. The van der Waals surface area contributed by atoms with Crippen molar-refractivity contribution in [2.24, 2.45) is 0 Å². The van der Waals surface area contributed by atoms with Gasteiger partial charge in [-0.25, -0.2) is 9.59 Å². The van der Waals surface area contributed by atoms with Gasteiger partial charge in [-0.05, 0) is 13.8 Å². The summed E-state index contributed by atoms with van der Waals surface area (Å²) in [4.78, 5) is 21.8. The van der Waals surface area contributed by atoms with Crippen LogP contribution in [0.4, 0.5) is 4.79 Å². The fourth-order valence-corrected chi connectivity index (χ4v) is 0.930. The minimum atomic E-state index is -0.245. The van der Waals surface area contributed by atoms with Gasteiger partial charge in [-0.3, -0.25) is 0 Å². The molecule has 0 aliphatic heterocycles. The van der Waals surface area contributed by atoms with E-state index in [1.807, 2.05) is 13.8 Å². The molecule has 0 aliphatic carbocycles. The Labute approximate surface area is 66.8 Å². The fourth-order valence-electron chi connectivity index (χ4n) is 0.930. The molecule has 64 valence electrons. The number of amides is 3. The molecule has 4 heteroatoms. The monoisotopic (exact) mass is 159 g/mol. The molecule has 0 saturated carbocycles. The van der Waals surface area contributed by atoms with E-state index in [-0.39, 0.29) is 10.5 Å². The molecule has 0 aromatic heterocycles. The third-order valence-corrected chi connectivity index (χ3v) is 1.95. The normalized spacial score (nSPS) is 10.8. The van der Waals surface area contributed by atoms with Crippen LogP contribution < -0.4 is 5.32 Å². The first-order chi connectivity index (χ1) is 5.16. The lowest BCUT2D eigenvalue weighted by Gasteiger charge is -2.24. The average Bonchev–Trinajstić information content (AvgIpc) is 2.08. The maximum absolute atomic E-state index is 11.2. The highest BCUT2D eigenvalue weighted by atomic mass is 16.2. The molecule has 0 unspecified atom stereocenters. The molecule has 0 fully saturated rings. The summed E-state index contributed by atoms with van der Waals surface area (Å²) in [5.41, 5.74) is 0. The van der Waals surface area contributed by atoms with Gasteiger partial charge in [0.2, 0.25) is 0 Å². The summed E-state index contributed by atoms with van der Waals surface area (Å²) in [5.74, 6) is 0. The SMILES string of the molecule is CC[N+](C=O)(CC)C(=O)NC. The number of nitrogens with one attached hydrogen (secondary N) is 1. The molecule has 0 saturated heterocycles. The van der Waals surface area contributed by atoms with Crippen molar-refractivity contribution in [3.63, 3.8) is 0 Å². The van der Waals surface area contributed by atoms with E-state index in [0.717, 1.165) is 0 Å². The fraction of sp³-hybridized carbons (Fsp3) is 0.714. The van der Waals surface area contributed by atoms with E-state index in [1.165, 1.54) is 7.05 Å². The summed E-state index contributed by atoms with van der Waals surface area (Å²) in [6.07, 6.45) is 0.679. The molecule has 11 heavy (non-hydrogen) atoms. The van der Waals surface area contributed by atoms with Gasteiger partial charge in [0.05, 0.1) is 13.1 Å². The average molecular weight is 159 g/mol. The highest BCUT2D eigenvalue weighted by Gasteiger charge is 2.31. The van der Waals surface area contributed by atoms with Crippen LogP contribution in [0.15, 0.2) is 0 Å². The summed E-state index contributed by atoms with van der Waals surface area (Å²) in [5, 5.41) is 2.46. The van der Waals surface area contributed by atoms with E-state index in [1.54, 1.807) is 0 Å². The van der Waals surface area contributed by atoms with Gasteiger partial charge in [0.25, 0.3) is 0 Å². The van der Waals surface area contributed by atoms with E-state index < -0.39 is 0 Å². The molecule has 0 rings (SSSR count). The summed E-state index contributed by atoms with van der Waals surface area (Å²) < 4.78 is -0.142. The van der Waals surface area contributed by atoms with Crippen molar-refractivity contribution < 1.29 is 14.1 Å². The van der Waals surface area contributed by atoms with Crippen molar-refractivity contribution >= 4 is 12.4 Å². The van der Waals surface area contributed by atoms with E-state index >= 15 is 0 Å². The second kappa shape index (κ2) is 4.08. The Morgan fingerprint density at radius 3 is 2.00 bits per heavy atom. The first-order valence-electron chi connectivity index (χ1n) is 3.72. The standard InChI is InChI=1S/C7H14N2O2/c1-4-9(5-2,6-10)7(11)8-3/h6H,4-5H2,1-3H3/p+1. The van der Waals surface area contributed by atoms with Gasteiger partial charge in [0.1, 0.15) is 0 Å². The lowest BCUT2D eigenvalue weighted by atomic mass is 10.4. The molecule has 1 N–H and O–H groups in total. The molecule has 0 aromatic rings. The Morgan fingerprint density at radius 1 is 1.45 bits per heavy atom. The van der Waals surface area contributed by atoms with Crippen molar-refractivity contribution in [1.82, 2.24) is 5.32 Å². The van der Waals surface area contributed by atoms with Crippen LogP contribution >= 0.6 is 0 Å². The summed E-state index contributed by atoms with van der Waals surface area (Å²) in [6.45, 7) is 4.62. The van der Waals surface area contributed by atoms with Gasteiger partial charge in [-0.15, -0.1) is 0 Å². The third kappa shape index (κ3) is 1.77. The lowest BCUT2D eigenvalue weighted by molar-refractivity contribution is -0.760. The number of carbonyl (C=O) groups is 2. The topological polar surface area (TPSA) is 46.2 Å². The predicted molar refractivity (Wildman–Crippen MR) is 41.9 cm³/mol. The number of urea groups is 1. The molecular formula is C7H15N2O2+. The van der Waals surface area contributed by atoms with E-state index in [2.05, 4.69) is 5.32 Å². The number of hydrogen-bond donors (Lipinski definition) is 1. The maximum atomic E-state index is 11.2. The lowest BCUT2D eigenvalue weighted by Crippen LogP contribution is -2.55. The van der Waals surface area contributed by atoms with E-state index in [9.17, 15) is 9.59 Å². The van der Waals surface area contributed by atoms with Gasteiger partial charge in [-0.2, -0.15) is 4.48 Å². The molecule has 0 radical (unpaired) electrons. The zero-order chi connectivity index (χ0) is 8.91. The van der Waals surface area contributed by atoms with Crippen LogP contribution in [0.25, 0.3) is 0 Å². The molecule has 0 atom stereocenters. The van der Waals surface area contributed by atoms with Crippen LogP contribution in [0.1, 0.15) is 13.8 Å². The number of imide groups is 1. The zero-order valence-corrected chi connectivity index (χ0v) is 7.26. The van der Waals surface area contributed by atoms with Gasteiger partial charge in [0.15, 0.2) is 0 Å². The Hall–Kier alpha value is -0.900.